The monoisotopic (exact) mass is 413 g/mol. The Morgan fingerprint density at radius 3 is 2.55 bits per heavy atom. The lowest BCUT2D eigenvalue weighted by Crippen LogP contribution is -3.06. The summed E-state index contributed by atoms with van der Waals surface area (Å²) in [4.78, 5) is 31.3. The fourth-order valence-corrected chi connectivity index (χ4v) is 3.17. The predicted molar refractivity (Wildman–Crippen MR) is 118 cm³/mol. The molecule has 6 nitrogen and oxygen atoms in total. The fourth-order valence-electron chi connectivity index (χ4n) is 3.04. The molecule has 3 aromatic rings. The molecule has 29 heavy (non-hydrogen) atoms. The van der Waals surface area contributed by atoms with E-state index in [0.29, 0.717) is 22.8 Å². The molecule has 0 saturated heterocycles. The molecular weight excluding hydrogens is 388 g/mol. The Morgan fingerprint density at radius 2 is 1.86 bits per heavy atom. The molecule has 0 aliphatic carbocycles. The van der Waals surface area contributed by atoms with Crippen molar-refractivity contribution >= 4 is 34.2 Å². The number of carbonyl (C=O) groups is 1. The number of likely N-dealkylation sites (N-methyl/N-ethyl adjacent to an activating group) is 1. The minimum absolute atomic E-state index is 0.178. The molecule has 0 bridgehead atoms. The zero-order valence-electron chi connectivity index (χ0n) is 16.9. The Bertz CT molecular complexity index is 1060. The van der Waals surface area contributed by atoms with Crippen molar-refractivity contribution in [2.75, 3.05) is 32.5 Å². The van der Waals surface area contributed by atoms with Crippen molar-refractivity contribution in [3.8, 4) is 0 Å². The van der Waals surface area contributed by atoms with Gasteiger partial charge in [-0.25, -0.2) is 4.79 Å². The quantitative estimate of drug-likeness (QED) is 0.581. The number of H-pyrrole nitrogens is 1. The van der Waals surface area contributed by atoms with Gasteiger partial charge in [0.25, 0.3) is 5.56 Å². The summed E-state index contributed by atoms with van der Waals surface area (Å²) < 4.78 is 0. The summed E-state index contributed by atoms with van der Waals surface area (Å²) in [6.07, 6.45) is 0. The average molecular weight is 414 g/mol. The van der Waals surface area contributed by atoms with Gasteiger partial charge in [0.1, 0.15) is 0 Å². The van der Waals surface area contributed by atoms with Crippen LogP contribution >= 0.6 is 11.6 Å². The summed E-state index contributed by atoms with van der Waals surface area (Å²) in [5.41, 5.74) is 2.94. The fraction of sp³-hybridized carbons (Fsp3) is 0.273. The molecule has 0 unspecified atom stereocenters. The number of halogens is 1. The van der Waals surface area contributed by atoms with E-state index in [4.69, 9.17) is 11.6 Å². The van der Waals surface area contributed by atoms with Crippen LogP contribution in [0.5, 0.6) is 0 Å². The van der Waals surface area contributed by atoms with Crippen molar-refractivity contribution in [1.29, 1.82) is 0 Å². The highest BCUT2D eigenvalue weighted by Gasteiger charge is 2.17. The van der Waals surface area contributed by atoms with E-state index in [1.807, 2.05) is 45.3 Å². The number of pyridine rings is 1. The van der Waals surface area contributed by atoms with Crippen molar-refractivity contribution < 1.29 is 9.69 Å². The Morgan fingerprint density at radius 1 is 1.14 bits per heavy atom. The van der Waals surface area contributed by atoms with Crippen LogP contribution in [-0.2, 0) is 6.54 Å². The Kier molecular flexibility index (Phi) is 6.56. The molecule has 3 rings (SSSR count). The number of amides is 2. The minimum Gasteiger partial charge on any atom is -0.338 e. The predicted octanol–water partition coefficient (Wildman–Crippen LogP) is 2.67. The number of anilines is 1. The molecule has 0 fully saturated rings. The van der Waals surface area contributed by atoms with E-state index in [1.54, 1.807) is 29.2 Å². The third kappa shape index (κ3) is 5.59. The van der Waals surface area contributed by atoms with Gasteiger partial charge in [-0.15, -0.1) is 0 Å². The van der Waals surface area contributed by atoms with Crippen LogP contribution in [0.2, 0.25) is 5.02 Å². The maximum absolute atomic E-state index is 12.9. The number of benzene rings is 2. The molecule has 0 aliphatic heterocycles. The SMILES string of the molecule is Cc1ccc2[nH]c(=O)c(CN(CC[NH+](C)C)C(=O)Nc3ccc(Cl)cc3)cc2c1. The average Bonchev–Trinajstić information content (AvgIpc) is 2.67. The molecule has 0 aliphatic rings. The van der Waals surface area contributed by atoms with Crippen molar-refractivity contribution in [1.82, 2.24) is 9.88 Å². The number of aryl methyl sites for hydroxylation is 1. The van der Waals surface area contributed by atoms with E-state index in [-0.39, 0.29) is 18.1 Å². The normalized spacial score (nSPS) is 11.1. The molecule has 2 aromatic carbocycles. The van der Waals surface area contributed by atoms with Gasteiger partial charge in [0, 0.05) is 21.8 Å². The zero-order chi connectivity index (χ0) is 21.0. The van der Waals surface area contributed by atoms with Crippen LogP contribution in [0.25, 0.3) is 10.9 Å². The van der Waals surface area contributed by atoms with E-state index in [9.17, 15) is 9.59 Å². The topological polar surface area (TPSA) is 69.6 Å². The zero-order valence-corrected chi connectivity index (χ0v) is 17.6. The maximum Gasteiger partial charge on any atom is 0.322 e. The third-order valence-corrected chi connectivity index (χ3v) is 4.95. The second-order valence-electron chi connectivity index (χ2n) is 7.53. The second kappa shape index (κ2) is 9.11. The van der Waals surface area contributed by atoms with Gasteiger partial charge in [-0.05, 0) is 54.8 Å². The van der Waals surface area contributed by atoms with Crippen LogP contribution in [-0.4, -0.2) is 43.1 Å². The van der Waals surface area contributed by atoms with E-state index < -0.39 is 0 Å². The standard InChI is InChI=1S/C22H25ClN4O2/c1-15-4-9-20-16(12-15)13-17(21(28)25-20)14-27(11-10-26(2)3)22(29)24-19-7-5-18(23)6-8-19/h4-9,12-13H,10-11,14H2,1-3H3,(H,24,29)(H,25,28)/p+1. The van der Waals surface area contributed by atoms with Crippen molar-refractivity contribution in [3.05, 3.63) is 75.0 Å². The van der Waals surface area contributed by atoms with Crippen LogP contribution in [0, 0.1) is 6.92 Å². The number of hydrogen-bond acceptors (Lipinski definition) is 2. The summed E-state index contributed by atoms with van der Waals surface area (Å²) in [6, 6.07) is 14.5. The summed E-state index contributed by atoms with van der Waals surface area (Å²) in [7, 11) is 4.06. The second-order valence-corrected chi connectivity index (χ2v) is 7.97. The lowest BCUT2D eigenvalue weighted by molar-refractivity contribution is -0.857. The van der Waals surface area contributed by atoms with E-state index >= 15 is 0 Å². The van der Waals surface area contributed by atoms with Gasteiger partial charge in [-0.3, -0.25) is 4.79 Å². The van der Waals surface area contributed by atoms with Gasteiger partial charge in [0.2, 0.25) is 0 Å². The highest BCUT2D eigenvalue weighted by Crippen LogP contribution is 2.16. The number of quaternary nitrogens is 1. The smallest absolute Gasteiger partial charge is 0.322 e. The van der Waals surface area contributed by atoms with Gasteiger partial charge >= 0.3 is 6.03 Å². The first-order chi connectivity index (χ1) is 13.8. The highest BCUT2D eigenvalue weighted by atomic mass is 35.5. The number of hydrogen-bond donors (Lipinski definition) is 3. The Hall–Kier alpha value is -2.83. The molecule has 1 heterocycles. The van der Waals surface area contributed by atoms with E-state index in [2.05, 4.69) is 10.3 Å². The molecule has 0 spiro atoms. The van der Waals surface area contributed by atoms with Crippen molar-refractivity contribution in [3.63, 3.8) is 0 Å². The van der Waals surface area contributed by atoms with Gasteiger partial charge in [-0.1, -0.05) is 23.2 Å². The van der Waals surface area contributed by atoms with Crippen molar-refractivity contribution in [2.45, 2.75) is 13.5 Å². The molecule has 3 N–H and O–H groups in total. The van der Waals surface area contributed by atoms with Gasteiger partial charge < -0.3 is 20.1 Å². The first-order valence-electron chi connectivity index (χ1n) is 9.55. The first-order valence-corrected chi connectivity index (χ1v) is 9.93. The molecule has 7 heteroatoms. The summed E-state index contributed by atoms with van der Waals surface area (Å²) >= 11 is 5.91. The number of aromatic amines is 1. The summed E-state index contributed by atoms with van der Waals surface area (Å²) in [5.74, 6) is 0. The Labute approximate surface area is 175 Å². The number of rotatable bonds is 6. The number of urea groups is 1. The molecule has 0 atom stereocenters. The summed E-state index contributed by atoms with van der Waals surface area (Å²) in [5, 5.41) is 4.45. The highest BCUT2D eigenvalue weighted by molar-refractivity contribution is 6.30. The van der Waals surface area contributed by atoms with Crippen LogP contribution in [0.4, 0.5) is 10.5 Å². The number of fused-ring (bicyclic) bond motifs is 1. The number of aromatic nitrogens is 1. The maximum atomic E-state index is 12.9. The van der Waals surface area contributed by atoms with Gasteiger partial charge in [0.15, 0.2) is 0 Å². The summed E-state index contributed by atoms with van der Waals surface area (Å²) in [6.45, 7) is 3.52. The van der Waals surface area contributed by atoms with E-state index in [1.165, 1.54) is 4.90 Å². The van der Waals surface area contributed by atoms with Crippen molar-refractivity contribution in [2.24, 2.45) is 0 Å². The molecule has 0 radical (unpaired) electrons. The molecule has 152 valence electrons. The number of nitrogens with zero attached hydrogens (tertiary/aromatic N) is 1. The van der Waals surface area contributed by atoms with Crippen LogP contribution in [0.1, 0.15) is 11.1 Å². The largest absolute Gasteiger partial charge is 0.338 e. The lowest BCUT2D eigenvalue weighted by atomic mass is 10.1. The molecule has 1 aromatic heterocycles. The molecule has 0 saturated carbocycles. The van der Waals surface area contributed by atoms with Crippen LogP contribution in [0.3, 0.4) is 0 Å². The third-order valence-electron chi connectivity index (χ3n) is 4.70. The molecular formula is C22H26ClN4O2+. The van der Waals surface area contributed by atoms with Crippen LogP contribution < -0.4 is 15.8 Å². The molecule has 2 amide bonds. The number of nitrogens with one attached hydrogen (secondary N) is 3. The van der Waals surface area contributed by atoms with Gasteiger partial charge in [-0.2, -0.15) is 0 Å². The van der Waals surface area contributed by atoms with Crippen LogP contribution in [0.15, 0.2) is 53.3 Å². The minimum atomic E-state index is -0.252. The lowest BCUT2D eigenvalue weighted by Gasteiger charge is -2.23. The van der Waals surface area contributed by atoms with E-state index in [0.717, 1.165) is 23.0 Å². The Balaban J connectivity index is 1.85. The first kappa shape index (κ1) is 20.9. The number of carbonyl (C=O) groups excluding carboxylic acids is 1. The van der Waals surface area contributed by atoms with Gasteiger partial charge in [0.05, 0.1) is 33.7 Å².